The number of benzene rings is 1. The summed E-state index contributed by atoms with van der Waals surface area (Å²) in [7, 11) is 1.99. The molecule has 0 saturated carbocycles. The first-order chi connectivity index (χ1) is 8.31. The number of rotatable bonds is 8. The number of hydrogen-bond acceptors (Lipinski definition) is 2. The zero-order valence-electron chi connectivity index (χ0n) is 11.3. The molecular weight excluding hydrogens is 210 g/mol. The normalized spacial score (nSPS) is 12.6. The minimum Gasteiger partial charge on any atom is -0.379 e. The van der Waals surface area contributed by atoms with E-state index < -0.39 is 0 Å². The highest BCUT2D eigenvalue weighted by atomic mass is 16.5. The van der Waals surface area contributed by atoms with Crippen LogP contribution in [0.5, 0.6) is 0 Å². The number of ether oxygens (including phenoxy) is 1. The van der Waals surface area contributed by atoms with Crippen molar-refractivity contribution in [2.45, 2.75) is 39.2 Å². The summed E-state index contributed by atoms with van der Waals surface area (Å²) in [4.78, 5) is 0. The fourth-order valence-electron chi connectivity index (χ4n) is 1.90. The highest BCUT2D eigenvalue weighted by molar-refractivity contribution is 5.25. The van der Waals surface area contributed by atoms with Crippen molar-refractivity contribution in [3.05, 3.63) is 35.4 Å². The molecule has 1 rings (SSSR count). The van der Waals surface area contributed by atoms with E-state index >= 15 is 0 Å². The van der Waals surface area contributed by atoms with E-state index in [-0.39, 0.29) is 0 Å². The molecule has 0 aromatic heterocycles. The molecule has 0 fully saturated rings. The van der Waals surface area contributed by atoms with Crippen molar-refractivity contribution in [2.24, 2.45) is 0 Å². The zero-order chi connectivity index (χ0) is 12.5. The van der Waals surface area contributed by atoms with Gasteiger partial charge in [0, 0.05) is 6.61 Å². The second-order valence-electron chi connectivity index (χ2n) is 4.41. The Hall–Kier alpha value is -0.860. The van der Waals surface area contributed by atoms with Crippen LogP contribution >= 0.6 is 0 Å². The van der Waals surface area contributed by atoms with Crippen molar-refractivity contribution >= 4 is 0 Å². The first-order valence-electron chi connectivity index (χ1n) is 6.65. The Morgan fingerprint density at radius 2 is 1.82 bits per heavy atom. The second kappa shape index (κ2) is 8.26. The van der Waals surface area contributed by atoms with Gasteiger partial charge in [0.05, 0.1) is 12.6 Å². The van der Waals surface area contributed by atoms with Crippen molar-refractivity contribution in [3.63, 3.8) is 0 Å². The Balaban J connectivity index is 2.55. The highest BCUT2D eigenvalue weighted by Gasteiger charge is 2.08. The molecule has 2 heteroatoms. The minimum absolute atomic E-state index is 0.303. The molecule has 0 saturated heterocycles. The van der Waals surface area contributed by atoms with Crippen LogP contribution in [0.1, 0.15) is 43.9 Å². The maximum absolute atomic E-state index is 5.61. The molecule has 0 radical (unpaired) electrons. The standard InChI is InChI=1S/C15H25NO/c1-4-6-13-7-9-14(10-8-13)15(16-3)12-17-11-5-2/h7-10,15-16H,4-6,11-12H2,1-3H3. The minimum atomic E-state index is 0.303. The Bertz CT molecular complexity index is 294. The van der Waals surface area contributed by atoms with Gasteiger partial charge in [-0.15, -0.1) is 0 Å². The lowest BCUT2D eigenvalue weighted by molar-refractivity contribution is 0.114. The zero-order valence-corrected chi connectivity index (χ0v) is 11.3. The molecule has 17 heavy (non-hydrogen) atoms. The van der Waals surface area contributed by atoms with Gasteiger partial charge in [-0.1, -0.05) is 44.5 Å². The molecule has 0 heterocycles. The fraction of sp³-hybridized carbons (Fsp3) is 0.600. The van der Waals surface area contributed by atoms with E-state index in [1.54, 1.807) is 0 Å². The van der Waals surface area contributed by atoms with E-state index in [4.69, 9.17) is 4.74 Å². The van der Waals surface area contributed by atoms with Crippen molar-refractivity contribution in [1.82, 2.24) is 5.32 Å². The lowest BCUT2D eigenvalue weighted by atomic mass is 10.0. The van der Waals surface area contributed by atoms with Crippen LogP contribution < -0.4 is 5.32 Å². The summed E-state index contributed by atoms with van der Waals surface area (Å²) in [5, 5.41) is 3.30. The third kappa shape index (κ3) is 4.88. The van der Waals surface area contributed by atoms with E-state index in [9.17, 15) is 0 Å². The van der Waals surface area contributed by atoms with Gasteiger partial charge < -0.3 is 10.1 Å². The summed E-state index contributed by atoms with van der Waals surface area (Å²) in [6.45, 7) is 5.93. The van der Waals surface area contributed by atoms with Crippen LogP contribution in [0, 0.1) is 0 Å². The van der Waals surface area contributed by atoms with E-state index in [1.165, 1.54) is 17.5 Å². The first kappa shape index (κ1) is 14.2. The quantitative estimate of drug-likeness (QED) is 0.698. The third-order valence-corrected chi connectivity index (χ3v) is 2.90. The van der Waals surface area contributed by atoms with Crippen LogP contribution in [0.15, 0.2) is 24.3 Å². The highest BCUT2D eigenvalue weighted by Crippen LogP contribution is 2.15. The molecule has 0 aliphatic carbocycles. The summed E-state index contributed by atoms with van der Waals surface area (Å²) < 4.78 is 5.61. The molecule has 0 aliphatic rings. The first-order valence-corrected chi connectivity index (χ1v) is 6.65. The van der Waals surface area contributed by atoms with Gasteiger partial charge in [0.15, 0.2) is 0 Å². The van der Waals surface area contributed by atoms with Gasteiger partial charge in [-0.05, 0) is 31.0 Å². The Morgan fingerprint density at radius 3 is 2.35 bits per heavy atom. The predicted octanol–water partition coefficient (Wildman–Crippen LogP) is 3.33. The summed E-state index contributed by atoms with van der Waals surface area (Å²) in [6, 6.07) is 9.17. The van der Waals surface area contributed by atoms with E-state index in [1.807, 2.05) is 7.05 Å². The maximum Gasteiger partial charge on any atom is 0.0661 e. The number of nitrogens with one attached hydrogen (secondary N) is 1. The van der Waals surface area contributed by atoms with Crippen LogP contribution in [-0.2, 0) is 11.2 Å². The SMILES string of the molecule is CCCOCC(NC)c1ccc(CCC)cc1. The average Bonchev–Trinajstić information content (AvgIpc) is 2.36. The molecule has 0 spiro atoms. The monoisotopic (exact) mass is 235 g/mol. The number of aryl methyl sites for hydroxylation is 1. The molecule has 0 bridgehead atoms. The lowest BCUT2D eigenvalue weighted by Crippen LogP contribution is -2.22. The topological polar surface area (TPSA) is 21.3 Å². The predicted molar refractivity (Wildman–Crippen MR) is 73.3 cm³/mol. The van der Waals surface area contributed by atoms with Gasteiger partial charge >= 0.3 is 0 Å². The Morgan fingerprint density at radius 1 is 1.12 bits per heavy atom. The molecule has 1 atom stereocenters. The van der Waals surface area contributed by atoms with Gasteiger partial charge in [-0.2, -0.15) is 0 Å². The molecule has 1 unspecified atom stereocenters. The second-order valence-corrected chi connectivity index (χ2v) is 4.41. The van der Waals surface area contributed by atoms with Gasteiger partial charge in [0.25, 0.3) is 0 Å². The Labute approximate surface area is 105 Å². The van der Waals surface area contributed by atoms with E-state index in [0.717, 1.165) is 26.1 Å². The molecule has 0 aliphatic heterocycles. The molecule has 1 aromatic carbocycles. The van der Waals surface area contributed by atoms with Gasteiger partial charge in [-0.25, -0.2) is 0 Å². The molecular formula is C15H25NO. The average molecular weight is 235 g/mol. The van der Waals surface area contributed by atoms with Crippen molar-refractivity contribution < 1.29 is 4.74 Å². The summed E-state index contributed by atoms with van der Waals surface area (Å²) >= 11 is 0. The lowest BCUT2D eigenvalue weighted by Gasteiger charge is -2.17. The van der Waals surface area contributed by atoms with Gasteiger partial charge in [0.2, 0.25) is 0 Å². The van der Waals surface area contributed by atoms with E-state index in [0.29, 0.717) is 6.04 Å². The fourth-order valence-corrected chi connectivity index (χ4v) is 1.90. The van der Waals surface area contributed by atoms with Crippen LogP contribution in [0.3, 0.4) is 0 Å². The largest absolute Gasteiger partial charge is 0.379 e. The molecule has 96 valence electrons. The van der Waals surface area contributed by atoms with Gasteiger partial charge in [0.1, 0.15) is 0 Å². The third-order valence-electron chi connectivity index (χ3n) is 2.90. The number of likely N-dealkylation sites (N-methyl/N-ethyl adjacent to an activating group) is 1. The summed E-state index contributed by atoms with van der Waals surface area (Å²) in [5.41, 5.74) is 2.73. The van der Waals surface area contributed by atoms with Crippen LogP contribution in [0.2, 0.25) is 0 Å². The maximum atomic E-state index is 5.61. The molecule has 2 nitrogen and oxygen atoms in total. The number of hydrogen-bond donors (Lipinski definition) is 1. The molecule has 0 amide bonds. The van der Waals surface area contributed by atoms with Crippen molar-refractivity contribution in [1.29, 1.82) is 0 Å². The molecule has 1 aromatic rings. The van der Waals surface area contributed by atoms with E-state index in [2.05, 4.69) is 43.4 Å². The van der Waals surface area contributed by atoms with Crippen LogP contribution in [0.4, 0.5) is 0 Å². The summed E-state index contributed by atoms with van der Waals surface area (Å²) in [5.74, 6) is 0. The summed E-state index contributed by atoms with van der Waals surface area (Å²) in [6.07, 6.45) is 3.44. The van der Waals surface area contributed by atoms with Crippen LogP contribution in [-0.4, -0.2) is 20.3 Å². The smallest absolute Gasteiger partial charge is 0.0661 e. The van der Waals surface area contributed by atoms with Crippen molar-refractivity contribution in [3.8, 4) is 0 Å². The van der Waals surface area contributed by atoms with Crippen LogP contribution in [0.25, 0.3) is 0 Å². The van der Waals surface area contributed by atoms with Gasteiger partial charge in [-0.3, -0.25) is 0 Å². The Kier molecular flexibility index (Phi) is 6.90. The van der Waals surface area contributed by atoms with Crippen molar-refractivity contribution in [2.75, 3.05) is 20.3 Å². The molecule has 1 N–H and O–H groups in total.